The van der Waals surface area contributed by atoms with Gasteiger partial charge in [-0.05, 0) is 49.7 Å². The van der Waals surface area contributed by atoms with Crippen LogP contribution in [0.2, 0.25) is 0 Å². The zero-order valence-corrected chi connectivity index (χ0v) is 15.9. The summed E-state index contributed by atoms with van der Waals surface area (Å²) in [5.74, 6) is 0.237. The predicted molar refractivity (Wildman–Crippen MR) is 101 cm³/mol. The number of halogens is 1. The molecule has 1 aromatic carbocycles. The second-order valence-corrected chi connectivity index (χ2v) is 9.03. The van der Waals surface area contributed by atoms with E-state index in [1.165, 1.54) is 18.2 Å². The Morgan fingerprint density at radius 1 is 1.25 bits per heavy atom. The number of hydrogen-bond acceptors (Lipinski definition) is 5. The normalized spacial score (nSPS) is 18.3. The lowest BCUT2D eigenvalue weighted by Crippen LogP contribution is -2.19. The summed E-state index contributed by atoms with van der Waals surface area (Å²) < 4.78 is 43.7. The number of carbonyl (C=O) groups is 1. The van der Waals surface area contributed by atoms with E-state index in [0.717, 1.165) is 0 Å². The molecule has 0 spiro atoms. The average molecular weight is 403 g/mol. The molecule has 3 heterocycles. The molecule has 1 atom stereocenters. The van der Waals surface area contributed by atoms with Crippen molar-refractivity contribution < 1.29 is 22.0 Å². The van der Waals surface area contributed by atoms with E-state index in [-0.39, 0.29) is 29.1 Å². The Morgan fingerprint density at radius 3 is 2.68 bits per heavy atom. The molecule has 1 aliphatic heterocycles. The van der Waals surface area contributed by atoms with Crippen molar-refractivity contribution in [3.05, 3.63) is 59.7 Å². The first-order valence-electron chi connectivity index (χ1n) is 8.74. The molecule has 1 N–H and O–H groups in total. The first-order valence-corrected chi connectivity index (χ1v) is 10.6. The number of amides is 1. The third-order valence-electron chi connectivity index (χ3n) is 4.61. The molecule has 0 unspecified atom stereocenters. The molecule has 146 valence electrons. The SMILES string of the molecule is Cc1cc(NC(=O)c2ccc(-c3ccc(F)cc3)o2)n([C@H]2CCS(=O)(=O)C2)n1. The van der Waals surface area contributed by atoms with Crippen molar-refractivity contribution in [3.63, 3.8) is 0 Å². The topological polar surface area (TPSA) is 94.2 Å². The van der Waals surface area contributed by atoms with Gasteiger partial charge >= 0.3 is 0 Å². The van der Waals surface area contributed by atoms with Crippen LogP contribution in [-0.4, -0.2) is 35.6 Å². The van der Waals surface area contributed by atoms with Gasteiger partial charge in [0.1, 0.15) is 17.4 Å². The number of nitrogens with zero attached hydrogens (tertiary/aromatic N) is 2. The van der Waals surface area contributed by atoms with Gasteiger partial charge in [-0.2, -0.15) is 5.10 Å². The van der Waals surface area contributed by atoms with Gasteiger partial charge in [0.05, 0.1) is 23.2 Å². The molecule has 1 fully saturated rings. The first-order chi connectivity index (χ1) is 13.3. The fourth-order valence-corrected chi connectivity index (χ4v) is 4.96. The number of rotatable bonds is 4. The van der Waals surface area contributed by atoms with Gasteiger partial charge in [-0.3, -0.25) is 4.79 Å². The summed E-state index contributed by atoms with van der Waals surface area (Å²) in [5.41, 5.74) is 1.32. The number of benzene rings is 1. The summed E-state index contributed by atoms with van der Waals surface area (Å²) >= 11 is 0. The molecule has 0 radical (unpaired) electrons. The summed E-state index contributed by atoms with van der Waals surface area (Å²) in [7, 11) is -3.08. The minimum Gasteiger partial charge on any atom is -0.451 e. The summed E-state index contributed by atoms with van der Waals surface area (Å²) in [6.07, 6.45) is 0.460. The highest BCUT2D eigenvalue weighted by molar-refractivity contribution is 7.91. The van der Waals surface area contributed by atoms with Crippen LogP contribution in [0.1, 0.15) is 28.7 Å². The summed E-state index contributed by atoms with van der Waals surface area (Å²) in [6, 6.07) is 10.3. The molecule has 3 aromatic rings. The summed E-state index contributed by atoms with van der Waals surface area (Å²) in [6.45, 7) is 1.77. The monoisotopic (exact) mass is 403 g/mol. The second kappa shape index (κ2) is 6.90. The van der Waals surface area contributed by atoms with Gasteiger partial charge in [0, 0.05) is 11.6 Å². The van der Waals surface area contributed by atoms with E-state index in [1.54, 1.807) is 35.9 Å². The lowest BCUT2D eigenvalue weighted by Gasteiger charge is -2.13. The standard InChI is InChI=1S/C19H18FN3O4S/c1-12-10-18(23(22-12)15-8-9-28(25,26)11-15)21-19(24)17-7-6-16(27-17)13-2-4-14(20)5-3-13/h2-7,10,15H,8-9,11H2,1H3,(H,21,24)/t15-/m0/s1. The largest absolute Gasteiger partial charge is 0.451 e. The zero-order valence-electron chi connectivity index (χ0n) is 15.1. The van der Waals surface area contributed by atoms with Crippen LogP contribution < -0.4 is 5.32 Å². The van der Waals surface area contributed by atoms with Crippen LogP contribution in [0.25, 0.3) is 11.3 Å². The van der Waals surface area contributed by atoms with Crippen LogP contribution in [0, 0.1) is 12.7 Å². The molecule has 4 rings (SSSR count). The van der Waals surface area contributed by atoms with Gasteiger partial charge in [-0.15, -0.1) is 0 Å². The summed E-state index contributed by atoms with van der Waals surface area (Å²) in [4.78, 5) is 12.6. The van der Waals surface area contributed by atoms with Gasteiger partial charge < -0.3 is 9.73 Å². The predicted octanol–water partition coefficient (Wildman–Crippen LogP) is 3.20. The third kappa shape index (κ3) is 3.70. The van der Waals surface area contributed by atoms with Gasteiger partial charge in [-0.25, -0.2) is 17.5 Å². The van der Waals surface area contributed by atoms with Gasteiger partial charge in [0.2, 0.25) is 0 Å². The molecular weight excluding hydrogens is 385 g/mol. The van der Waals surface area contributed by atoms with Gasteiger partial charge in [0.25, 0.3) is 5.91 Å². The molecular formula is C19H18FN3O4S. The second-order valence-electron chi connectivity index (χ2n) is 6.80. The fourth-order valence-electron chi connectivity index (χ4n) is 3.26. The van der Waals surface area contributed by atoms with Crippen molar-refractivity contribution >= 4 is 21.6 Å². The maximum Gasteiger partial charge on any atom is 0.292 e. The molecule has 1 aliphatic rings. The van der Waals surface area contributed by atoms with Crippen molar-refractivity contribution in [3.8, 4) is 11.3 Å². The van der Waals surface area contributed by atoms with Crippen molar-refractivity contribution in [1.29, 1.82) is 0 Å². The average Bonchev–Trinajstić information content (AvgIpc) is 3.34. The molecule has 0 aliphatic carbocycles. The van der Waals surface area contributed by atoms with Crippen LogP contribution in [0.5, 0.6) is 0 Å². The number of nitrogens with one attached hydrogen (secondary N) is 1. The smallest absolute Gasteiger partial charge is 0.292 e. The quantitative estimate of drug-likeness (QED) is 0.722. The molecule has 0 saturated carbocycles. The van der Waals surface area contributed by atoms with Gasteiger partial charge in [0.15, 0.2) is 15.6 Å². The first kappa shape index (κ1) is 18.4. The number of furan rings is 1. The van der Waals surface area contributed by atoms with Crippen LogP contribution in [-0.2, 0) is 9.84 Å². The molecule has 7 nitrogen and oxygen atoms in total. The van der Waals surface area contributed by atoms with Crippen LogP contribution in [0.4, 0.5) is 10.2 Å². The van der Waals surface area contributed by atoms with E-state index in [9.17, 15) is 17.6 Å². The number of sulfone groups is 1. The van der Waals surface area contributed by atoms with E-state index in [4.69, 9.17) is 4.42 Å². The Bertz CT molecular complexity index is 1130. The highest BCUT2D eigenvalue weighted by atomic mass is 32.2. The minimum atomic E-state index is -3.08. The van der Waals surface area contributed by atoms with E-state index >= 15 is 0 Å². The Morgan fingerprint density at radius 2 is 2.00 bits per heavy atom. The minimum absolute atomic E-state index is 0.00641. The molecule has 9 heteroatoms. The number of anilines is 1. The maximum atomic E-state index is 13.1. The molecule has 1 saturated heterocycles. The van der Waals surface area contributed by atoms with Crippen molar-refractivity contribution in [1.82, 2.24) is 9.78 Å². The van der Waals surface area contributed by atoms with Crippen molar-refractivity contribution in [2.75, 3.05) is 16.8 Å². The maximum absolute atomic E-state index is 13.1. The number of aryl methyl sites for hydroxylation is 1. The Kier molecular flexibility index (Phi) is 4.54. The van der Waals surface area contributed by atoms with E-state index in [2.05, 4.69) is 10.4 Å². The van der Waals surface area contributed by atoms with Crippen molar-refractivity contribution in [2.45, 2.75) is 19.4 Å². The zero-order chi connectivity index (χ0) is 19.9. The fraction of sp³-hybridized carbons (Fsp3) is 0.263. The highest BCUT2D eigenvalue weighted by Gasteiger charge is 2.31. The number of aromatic nitrogens is 2. The molecule has 28 heavy (non-hydrogen) atoms. The van der Waals surface area contributed by atoms with Crippen molar-refractivity contribution in [2.24, 2.45) is 0 Å². The molecule has 1 amide bonds. The number of hydrogen-bond donors (Lipinski definition) is 1. The van der Waals surface area contributed by atoms with Crippen LogP contribution >= 0.6 is 0 Å². The molecule has 0 bridgehead atoms. The van der Waals surface area contributed by atoms with E-state index in [1.807, 2.05) is 0 Å². The number of carbonyl (C=O) groups excluding carboxylic acids is 1. The van der Waals surface area contributed by atoms with Gasteiger partial charge in [-0.1, -0.05) is 0 Å². The van der Waals surface area contributed by atoms with Crippen LogP contribution in [0.15, 0.2) is 46.9 Å². The van der Waals surface area contributed by atoms with E-state index < -0.39 is 15.7 Å². The Hall–Kier alpha value is -2.94. The highest BCUT2D eigenvalue weighted by Crippen LogP contribution is 2.28. The lowest BCUT2D eigenvalue weighted by molar-refractivity contribution is 0.0996. The third-order valence-corrected chi connectivity index (χ3v) is 6.36. The Balaban J connectivity index is 1.54. The van der Waals surface area contributed by atoms with Crippen LogP contribution in [0.3, 0.4) is 0 Å². The Labute approximate surface area is 161 Å². The summed E-state index contributed by atoms with van der Waals surface area (Å²) in [5, 5.41) is 7.08. The molecule has 2 aromatic heterocycles. The van der Waals surface area contributed by atoms with E-state index in [0.29, 0.717) is 29.3 Å². The lowest BCUT2D eigenvalue weighted by atomic mass is 10.2.